The summed E-state index contributed by atoms with van der Waals surface area (Å²) < 4.78 is 0. The van der Waals surface area contributed by atoms with Gasteiger partial charge < -0.3 is 10.2 Å². The number of hydrogen-bond donors (Lipinski definition) is 1. The molecule has 1 aliphatic rings. The molecule has 0 saturated carbocycles. The first-order chi connectivity index (χ1) is 8.58. The molecule has 1 N–H and O–H groups in total. The second-order valence-corrected chi connectivity index (χ2v) is 5.99. The van der Waals surface area contributed by atoms with Gasteiger partial charge in [-0.2, -0.15) is 0 Å². The van der Waals surface area contributed by atoms with Crippen LogP contribution in [-0.2, 0) is 0 Å². The van der Waals surface area contributed by atoms with Gasteiger partial charge in [0.2, 0.25) is 0 Å². The zero-order valence-electron chi connectivity index (χ0n) is 13.1. The molecule has 0 aromatic rings. The summed E-state index contributed by atoms with van der Waals surface area (Å²) >= 11 is 0. The summed E-state index contributed by atoms with van der Waals surface area (Å²) in [6.45, 7) is 13.9. The molecule has 1 saturated heterocycles. The van der Waals surface area contributed by atoms with Crippen LogP contribution >= 0.6 is 0 Å². The van der Waals surface area contributed by atoms with Crippen LogP contribution in [0.25, 0.3) is 0 Å². The lowest BCUT2D eigenvalue weighted by molar-refractivity contribution is 0.157. The number of hydrogen-bond acceptors (Lipinski definition) is 3. The molecule has 0 spiro atoms. The first-order valence-corrected chi connectivity index (χ1v) is 7.76. The summed E-state index contributed by atoms with van der Waals surface area (Å²) in [5.74, 6) is 0. The Balaban J connectivity index is 2.38. The molecule has 1 aliphatic heterocycles. The van der Waals surface area contributed by atoms with Crippen molar-refractivity contribution in [3.63, 3.8) is 0 Å². The van der Waals surface area contributed by atoms with E-state index in [9.17, 15) is 0 Å². The van der Waals surface area contributed by atoms with Crippen LogP contribution < -0.4 is 5.32 Å². The van der Waals surface area contributed by atoms with Gasteiger partial charge in [-0.3, -0.25) is 4.90 Å². The monoisotopic (exact) mass is 255 g/mol. The fraction of sp³-hybridized carbons (Fsp3) is 1.00. The third-order valence-corrected chi connectivity index (χ3v) is 4.26. The fourth-order valence-electron chi connectivity index (χ4n) is 2.98. The Bertz CT molecular complexity index is 218. The summed E-state index contributed by atoms with van der Waals surface area (Å²) in [6, 6.07) is 2.05. The molecule has 0 bridgehead atoms. The smallest absolute Gasteiger partial charge is 0.0223 e. The van der Waals surface area contributed by atoms with Crippen molar-refractivity contribution in [2.45, 2.75) is 65.1 Å². The highest BCUT2D eigenvalue weighted by Gasteiger charge is 2.25. The molecule has 0 amide bonds. The van der Waals surface area contributed by atoms with Gasteiger partial charge in [-0.1, -0.05) is 27.7 Å². The molecular weight excluding hydrogens is 222 g/mol. The lowest BCUT2D eigenvalue weighted by Gasteiger charge is -2.33. The van der Waals surface area contributed by atoms with Crippen LogP contribution in [-0.4, -0.2) is 61.2 Å². The summed E-state index contributed by atoms with van der Waals surface area (Å²) in [6.07, 6.45) is 3.99. The summed E-state index contributed by atoms with van der Waals surface area (Å²) in [5.41, 5.74) is 0. The van der Waals surface area contributed by atoms with Gasteiger partial charge in [0.15, 0.2) is 0 Å². The zero-order chi connectivity index (χ0) is 13.5. The Morgan fingerprint density at radius 3 is 2.61 bits per heavy atom. The molecule has 0 radical (unpaired) electrons. The van der Waals surface area contributed by atoms with Gasteiger partial charge in [0.05, 0.1) is 0 Å². The van der Waals surface area contributed by atoms with Gasteiger partial charge in [-0.15, -0.1) is 0 Å². The van der Waals surface area contributed by atoms with E-state index in [0.717, 1.165) is 12.6 Å². The maximum Gasteiger partial charge on any atom is 0.0223 e. The van der Waals surface area contributed by atoms with Gasteiger partial charge >= 0.3 is 0 Å². The van der Waals surface area contributed by atoms with E-state index in [2.05, 4.69) is 49.9 Å². The molecule has 0 aromatic heterocycles. The van der Waals surface area contributed by atoms with Crippen molar-refractivity contribution in [3.8, 4) is 0 Å². The Kier molecular flexibility index (Phi) is 7.20. The third-order valence-electron chi connectivity index (χ3n) is 4.26. The SMILES string of the molecule is CCC(CNC(C)C)N(C)CC1CCCN1CC. The van der Waals surface area contributed by atoms with Crippen LogP contribution in [0.1, 0.15) is 47.0 Å². The largest absolute Gasteiger partial charge is 0.313 e. The average Bonchev–Trinajstić information content (AvgIpc) is 2.76. The summed E-state index contributed by atoms with van der Waals surface area (Å²) in [7, 11) is 2.29. The highest BCUT2D eigenvalue weighted by atomic mass is 15.2. The van der Waals surface area contributed by atoms with Gasteiger partial charge in [-0.05, 0) is 39.4 Å². The van der Waals surface area contributed by atoms with Crippen LogP contribution in [0, 0.1) is 0 Å². The fourth-order valence-corrected chi connectivity index (χ4v) is 2.98. The second kappa shape index (κ2) is 8.13. The van der Waals surface area contributed by atoms with E-state index in [4.69, 9.17) is 0 Å². The van der Waals surface area contributed by atoms with E-state index < -0.39 is 0 Å². The number of likely N-dealkylation sites (tertiary alicyclic amines) is 1. The molecule has 18 heavy (non-hydrogen) atoms. The van der Waals surface area contributed by atoms with E-state index in [1.807, 2.05) is 0 Å². The molecule has 1 heterocycles. The van der Waals surface area contributed by atoms with Gasteiger partial charge in [0.25, 0.3) is 0 Å². The molecule has 1 fully saturated rings. The molecule has 1 rings (SSSR count). The predicted molar refractivity (Wildman–Crippen MR) is 80.1 cm³/mol. The van der Waals surface area contributed by atoms with Crippen LogP contribution in [0.3, 0.4) is 0 Å². The maximum absolute atomic E-state index is 3.57. The van der Waals surface area contributed by atoms with Crippen LogP contribution in [0.4, 0.5) is 0 Å². The molecule has 2 unspecified atom stereocenters. The first-order valence-electron chi connectivity index (χ1n) is 7.76. The molecule has 3 heteroatoms. The highest BCUT2D eigenvalue weighted by molar-refractivity contribution is 4.83. The number of rotatable bonds is 8. The van der Waals surface area contributed by atoms with Gasteiger partial charge in [-0.25, -0.2) is 0 Å². The zero-order valence-corrected chi connectivity index (χ0v) is 13.1. The Morgan fingerprint density at radius 2 is 2.06 bits per heavy atom. The van der Waals surface area contributed by atoms with E-state index in [1.54, 1.807) is 0 Å². The highest BCUT2D eigenvalue weighted by Crippen LogP contribution is 2.18. The maximum atomic E-state index is 3.57. The first kappa shape index (κ1) is 15.9. The van der Waals surface area contributed by atoms with Crippen molar-refractivity contribution in [1.29, 1.82) is 0 Å². The van der Waals surface area contributed by atoms with Crippen LogP contribution in [0.5, 0.6) is 0 Å². The van der Waals surface area contributed by atoms with Gasteiger partial charge in [0.1, 0.15) is 0 Å². The minimum Gasteiger partial charge on any atom is -0.313 e. The number of nitrogens with one attached hydrogen (secondary N) is 1. The lowest BCUT2D eigenvalue weighted by atomic mass is 10.1. The van der Waals surface area contributed by atoms with Gasteiger partial charge in [0, 0.05) is 31.2 Å². The van der Waals surface area contributed by atoms with Crippen molar-refractivity contribution in [2.75, 3.05) is 33.2 Å². The van der Waals surface area contributed by atoms with E-state index >= 15 is 0 Å². The third kappa shape index (κ3) is 4.87. The minimum atomic E-state index is 0.589. The van der Waals surface area contributed by atoms with E-state index in [-0.39, 0.29) is 0 Å². The standard InChI is InChI=1S/C15H33N3/c1-6-14(11-16-13(3)4)17(5)12-15-9-8-10-18(15)7-2/h13-16H,6-12H2,1-5H3. The Hall–Kier alpha value is -0.120. The van der Waals surface area contributed by atoms with E-state index in [0.29, 0.717) is 12.1 Å². The van der Waals surface area contributed by atoms with Crippen LogP contribution in [0.2, 0.25) is 0 Å². The summed E-state index contributed by atoms with van der Waals surface area (Å²) in [5, 5.41) is 3.57. The molecule has 2 atom stereocenters. The molecule has 0 aromatic carbocycles. The normalized spacial score (nSPS) is 23.2. The van der Waals surface area contributed by atoms with Crippen molar-refractivity contribution in [1.82, 2.24) is 15.1 Å². The average molecular weight is 255 g/mol. The topological polar surface area (TPSA) is 18.5 Å². The number of nitrogens with zero attached hydrogens (tertiary/aromatic N) is 2. The molecule has 3 nitrogen and oxygen atoms in total. The van der Waals surface area contributed by atoms with Crippen molar-refractivity contribution >= 4 is 0 Å². The lowest BCUT2D eigenvalue weighted by Crippen LogP contribution is -2.47. The van der Waals surface area contributed by atoms with Crippen LogP contribution in [0.15, 0.2) is 0 Å². The predicted octanol–water partition coefficient (Wildman–Crippen LogP) is 2.18. The molecule has 108 valence electrons. The Morgan fingerprint density at radius 1 is 1.33 bits per heavy atom. The summed E-state index contributed by atoms with van der Waals surface area (Å²) in [4.78, 5) is 5.20. The number of likely N-dealkylation sites (N-methyl/N-ethyl adjacent to an activating group) is 2. The minimum absolute atomic E-state index is 0.589. The quantitative estimate of drug-likeness (QED) is 0.717. The molecule has 0 aliphatic carbocycles. The van der Waals surface area contributed by atoms with Crippen molar-refractivity contribution in [3.05, 3.63) is 0 Å². The van der Waals surface area contributed by atoms with E-state index in [1.165, 1.54) is 38.9 Å². The Labute approximate surface area is 114 Å². The molecular formula is C15H33N3. The van der Waals surface area contributed by atoms with Crippen molar-refractivity contribution < 1.29 is 0 Å². The van der Waals surface area contributed by atoms with Crippen molar-refractivity contribution in [2.24, 2.45) is 0 Å². The second-order valence-electron chi connectivity index (χ2n) is 5.99.